The summed E-state index contributed by atoms with van der Waals surface area (Å²) >= 11 is 13.3. The standard InChI is InChI=1S/C28H29Cl2N7O/c1-28(2,3)16-33-25-17(12-31)13-32-26-21(25)10-18(11-23(26)30)34-27(20-6-4-5-7-22(20)29)24-15-37(36-35-24)14-19-8-9-38-19/h4-7,10-11,13,15,19,27,34H,8-9,14,16H2,1-3H3,(H,32,33)/i27D. The summed E-state index contributed by atoms with van der Waals surface area (Å²) in [5.41, 5.74) is 2.98. The number of ether oxygens (including phenoxy) is 1. The van der Waals surface area contributed by atoms with Gasteiger partial charge in [0.15, 0.2) is 0 Å². The number of benzene rings is 2. The van der Waals surface area contributed by atoms with Crippen LogP contribution in [0.4, 0.5) is 11.4 Å². The Morgan fingerprint density at radius 1 is 1.26 bits per heavy atom. The van der Waals surface area contributed by atoms with Gasteiger partial charge >= 0.3 is 0 Å². The van der Waals surface area contributed by atoms with E-state index in [-0.39, 0.29) is 11.5 Å². The van der Waals surface area contributed by atoms with Crippen molar-refractivity contribution in [2.45, 2.75) is 45.9 Å². The Hall–Kier alpha value is -3.38. The quantitative estimate of drug-likeness (QED) is 0.259. The van der Waals surface area contributed by atoms with E-state index in [1.165, 1.54) is 6.20 Å². The third-order valence-corrected chi connectivity index (χ3v) is 6.85. The van der Waals surface area contributed by atoms with Crippen LogP contribution in [0, 0.1) is 16.7 Å². The second-order valence-electron chi connectivity index (χ2n) is 10.5. The molecule has 0 spiro atoms. The van der Waals surface area contributed by atoms with Gasteiger partial charge in [0.05, 0.1) is 48.0 Å². The van der Waals surface area contributed by atoms with Gasteiger partial charge in [-0.15, -0.1) is 5.10 Å². The van der Waals surface area contributed by atoms with Crippen molar-refractivity contribution in [3.05, 3.63) is 75.7 Å². The number of nitrogens with zero attached hydrogens (tertiary/aromatic N) is 5. The van der Waals surface area contributed by atoms with Crippen LogP contribution in [0.5, 0.6) is 0 Å². The van der Waals surface area contributed by atoms with Gasteiger partial charge in [0.2, 0.25) is 0 Å². The second kappa shape index (κ2) is 10.8. The zero-order chi connectivity index (χ0) is 27.8. The molecule has 5 rings (SSSR count). The SMILES string of the molecule is [2H]C(Nc1cc(Cl)c2ncc(C#N)c(NCC(C)(C)C)c2c1)(c1cn(CC2CCO2)nn1)c1ccccc1Cl. The molecule has 1 saturated heterocycles. The highest BCUT2D eigenvalue weighted by Crippen LogP contribution is 2.37. The summed E-state index contributed by atoms with van der Waals surface area (Å²) in [7, 11) is 0. The Balaban J connectivity index is 1.60. The minimum Gasteiger partial charge on any atom is -0.383 e. The predicted molar refractivity (Wildman–Crippen MR) is 151 cm³/mol. The van der Waals surface area contributed by atoms with E-state index >= 15 is 0 Å². The molecule has 1 aliphatic rings. The first-order valence-corrected chi connectivity index (χ1v) is 13.1. The van der Waals surface area contributed by atoms with Crippen molar-refractivity contribution in [2.75, 3.05) is 23.8 Å². The van der Waals surface area contributed by atoms with E-state index in [2.05, 4.69) is 52.8 Å². The van der Waals surface area contributed by atoms with Gasteiger partial charge in [-0.2, -0.15) is 5.26 Å². The van der Waals surface area contributed by atoms with Crippen LogP contribution in [0.3, 0.4) is 0 Å². The van der Waals surface area contributed by atoms with Crippen LogP contribution in [0.15, 0.2) is 48.8 Å². The van der Waals surface area contributed by atoms with Gasteiger partial charge in [-0.3, -0.25) is 4.98 Å². The van der Waals surface area contributed by atoms with Gasteiger partial charge in [-0.05, 0) is 35.6 Å². The third-order valence-electron chi connectivity index (χ3n) is 6.23. The Kier molecular flexibility index (Phi) is 7.07. The molecule has 3 heterocycles. The minimum absolute atomic E-state index is 0.0291. The molecule has 2 unspecified atom stereocenters. The van der Waals surface area contributed by atoms with E-state index in [0.29, 0.717) is 62.2 Å². The highest BCUT2D eigenvalue weighted by atomic mass is 35.5. The number of anilines is 2. The lowest BCUT2D eigenvalue weighted by atomic mass is 9.96. The zero-order valence-corrected chi connectivity index (χ0v) is 22.9. The largest absolute Gasteiger partial charge is 0.383 e. The summed E-state index contributed by atoms with van der Waals surface area (Å²) in [6.45, 7) is 8.26. The molecule has 2 aromatic carbocycles. The van der Waals surface area contributed by atoms with Gasteiger partial charge in [-0.25, -0.2) is 4.68 Å². The summed E-state index contributed by atoms with van der Waals surface area (Å²) in [6, 6.07) is 11.3. The highest BCUT2D eigenvalue weighted by Gasteiger charge is 2.24. The topological polar surface area (TPSA) is 101 Å². The van der Waals surface area contributed by atoms with Crippen molar-refractivity contribution in [1.29, 1.82) is 5.26 Å². The molecular formula is C28H29Cl2N7O. The molecule has 2 atom stereocenters. The van der Waals surface area contributed by atoms with E-state index in [1.54, 1.807) is 29.1 Å². The fourth-order valence-electron chi connectivity index (χ4n) is 4.18. The molecule has 4 aromatic rings. The number of fused-ring (bicyclic) bond motifs is 1. The van der Waals surface area contributed by atoms with Crippen LogP contribution in [-0.2, 0) is 11.3 Å². The molecular weight excluding hydrogens is 521 g/mol. The van der Waals surface area contributed by atoms with Crippen molar-refractivity contribution in [3.8, 4) is 6.07 Å². The van der Waals surface area contributed by atoms with Gasteiger partial charge in [0.25, 0.3) is 0 Å². The fraction of sp³-hybridized carbons (Fsp3) is 0.357. The molecule has 0 bridgehead atoms. The molecule has 2 aromatic heterocycles. The summed E-state index contributed by atoms with van der Waals surface area (Å²) in [5.74, 6) is 0. The second-order valence-corrected chi connectivity index (χ2v) is 11.3. The van der Waals surface area contributed by atoms with Crippen LogP contribution < -0.4 is 10.6 Å². The number of nitriles is 1. The summed E-state index contributed by atoms with van der Waals surface area (Å²) < 4.78 is 16.9. The number of aromatic nitrogens is 4. The average Bonchev–Trinajstić information content (AvgIpc) is 3.34. The van der Waals surface area contributed by atoms with Crippen molar-refractivity contribution < 1.29 is 6.11 Å². The smallest absolute Gasteiger partial charge is 0.110 e. The number of hydrogen-bond acceptors (Lipinski definition) is 7. The Morgan fingerprint density at radius 3 is 2.74 bits per heavy atom. The summed E-state index contributed by atoms with van der Waals surface area (Å²) in [4.78, 5) is 4.44. The summed E-state index contributed by atoms with van der Waals surface area (Å²) in [5, 5.41) is 26.6. The van der Waals surface area contributed by atoms with Crippen LogP contribution in [0.2, 0.25) is 10.0 Å². The van der Waals surface area contributed by atoms with Crippen molar-refractivity contribution >= 4 is 45.5 Å². The average molecular weight is 552 g/mol. The Bertz CT molecular complexity index is 1560. The van der Waals surface area contributed by atoms with Crippen LogP contribution in [0.1, 0.15) is 51.4 Å². The van der Waals surface area contributed by atoms with E-state index < -0.39 is 6.02 Å². The molecule has 1 fully saturated rings. The molecule has 0 radical (unpaired) electrons. The van der Waals surface area contributed by atoms with Crippen LogP contribution >= 0.6 is 23.2 Å². The molecule has 196 valence electrons. The number of rotatable bonds is 8. The van der Waals surface area contributed by atoms with Gasteiger partial charge in [0, 0.05) is 35.4 Å². The monoisotopic (exact) mass is 550 g/mol. The van der Waals surface area contributed by atoms with E-state index in [0.717, 1.165) is 13.0 Å². The molecule has 2 N–H and O–H groups in total. The fourth-order valence-corrected chi connectivity index (χ4v) is 4.68. The minimum atomic E-state index is -1.60. The molecule has 0 aliphatic carbocycles. The first-order chi connectivity index (χ1) is 18.6. The lowest BCUT2D eigenvalue weighted by Gasteiger charge is -2.25. The number of halogens is 2. The van der Waals surface area contributed by atoms with Gasteiger partial charge < -0.3 is 15.4 Å². The molecule has 38 heavy (non-hydrogen) atoms. The number of nitrogens with one attached hydrogen (secondary N) is 2. The normalized spacial score (nSPS) is 17.3. The first kappa shape index (κ1) is 24.9. The molecule has 0 saturated carbocycles. The lowest BCUT2D eigenvalue weighted by Crippen LogP contribution is -2.31. The van der Waals surface area contributed by atoms with Crippen molar-refractivity contribution in [2.24, 2.45) is 5.41 Å². The van der Waals surface area contributed by atoms with Gasteiger partial charge in [0.1, 0.15) is 11.8 Å². The van der Waals surface area contributed by atoms with Crippen LogP contribution in [0.25, 0.3) is 10.9 Å². The number of pyridine rings is 1. The van der Waals surface area contributed by atoms with E-state index in [1.807, 2.05) is 18.2 Å². The van der Waals surface area contributed by atoms with Crippen molar-refractivity contribution in [3.63, 3.8) is 0 Å². The maximum absolute atomic E-state index is 9.80. The maximum Gasteiger partial charge on any atom is 0.110 e. The Morgan fingerprint density at radius 2 is 2.05 bits per heavy atom. The molecule has 0 amide bonds. The Labute approximate surface area is 233 Å². The highest BCUT2D eigenvalue weighted by molar-refractivity contribution is 6.36. The lowest BCUT2D eigenvalue weighted by molar-refractivity contribution is -0.0611. The molecule has 1 aliphatic heterocycles. The molecule has 10 heteroatoms. The third kappa shape index (κ3) is 5.70. The summed E-state index contributed by atoms with van der Waals surface area (Å²) in [6.07, 6.45) is 4.31. The van der Waals surface area contributed by atoms with Crippen molar-refractivity contribution in [1.82, 2.24) is 20.0 Å². The molecule has 8 nitrogen and oxygen atoms in total. The van der Waals surface area contributed by atoms with Gasteiger partial charge in [-0.1, -0.05) is 67.4 Å². The predicted octanol–water partition coefficient (Wildman–Crippen LogP) is 6.45. The van der Waals surface area contributed by atoms with Crippen LogP contribution in [-0.4, -0.2) is 39.2 Å². The first-order valence-electron chi connectivity index (χ1n) is 12.9. The maximum atomic E-state index is 9.80. The van der Waals surface area contributed by atoms with E-state index in [9.17, 15) is 6.63 Å². The van der Waals surface area contributed by atoms with E-state index in [4.69, 9.17) is 27.9 Å². The zero-order valence-electron chi connectivity index (χ0n) is 22.4. The number of hydrogen-bond donors (Lipinski definition) is 2.